The van der Waals surface area contributed by atoms with Crippen molar-refractivity contribution in [3.05, 3.63) is 65.0 Å². The molecule has 0 aliphatic heterocycles. The van der Waals surface area contributed by atoms with Gasteiger partial charge in [-0.25, -0.2) is 13.2 Å². The number of methoxy groups -OCH3 is 1. The van der Waals surface area contributed by atoms with Crippen LogP contribution in [0.2, 0.25) is 0 Å². The number of aliphatic hydroxyl groups excluding tert-OH is 1. The average Bonchev–Trinajstić information content (AvgIpc) is 2.43. The molecule has 0 aliphatic rings. The zero-order valence-electron chi connectivity index (χ0n) is 10.7. The predicted octanol–water partition coefficient (Wildman–Crippen LogP) is 3.39. The van der Waals surface area contributed by atoms with Gasteiger partial charge in [-0.1, -0.05) is 18.2 Å². The van der Waals surface area contributed by atoms with Crippen LogP contribution in [0.1, 0.15) is 17.2 Å². The second-order valence-corrected chi connectivity index (χ2v) is 4.32. The molecule has 20 heavy (non-hydrogen) atoms. The van der Waals surface area contributed by atoms with Crippen LogP contribution in [0.4, 0.5) is 13.2 Å². The molecule has 1 N–H and O–H groups in total. The van der Waals surface area contributed by atoms with E-state index in [-0.39, 0.29) is 12.0 Å². The monoisotopic (exact) mass is 282 g/mol. The number of hydrogen-bond donors (Lipinski definition) is 1. The first-order chi connectivity index (χ1) is 9.52. The summed E-state index contributed by atoms with van der Waals surface area (Å²) in [6, 6.07) is 8.00. The van der Waals surface area contributed by atoms with Gasteiger partial charge in [-0.2, -0.15) is 0 Å². The van der Waals surface area contributed by atoms with Crippen LogP contribution in [0, 0.1) is 17.5 Å². The summed E-state index contributed by atoms with van der Waals surface area (Å²) in [6.45, 7) is 0. The van der Waals surface area contributed by atoms with Crippen LogP contribution in [0.15, 0.2) is 36.4 Å². The predicted molar refractivity (Wildman–Crippen MR) is 68.0 cm³/mol. The number of ether oxygens (including phenoxy) is 1. The van der Waals surface area contributed by atoms with Crippen LogP contribution in [-0.4, -0.2) is 12.2 Å². The Kier molecular flexibility index (Phi) is 4.29. The van der Waals surface area contributed by atoms with Crippen molar-refractivity contribution in [2.45, 2.75) is 12.5 Å². The Morgan fingerprint density at radius 2 is 1.70 bits per heavy atom. The quantitative estimate of drug-likeness (QED) is 0.871. The van der Waals surface area contributed by atoms with Crippen molar-refractivity contribution in [3.8, 4) is 5.75 Å². The highest BCUT2D eigenvalue weighted by Gasteiger charge is 2.18. The Morgan fingerprint density at radius 1 is 1.05 bits per heavy atom. The smallest absolute Gasteiger partial charge is 0.161 e. The van der Waals surface area contributed by atoms with Crippen LogP contribution < -0.4 is 4.74 Å². The lowest BCUT2D eigenvalue weighted by atomic mass is 10.00. The van der Waals surface area contributed by atoms with Gasteiger partial charge in [0.15, 0.2) is 11.6 Å². The van der Waals surface area contributed by atoms with Gasteiger partial charge in [-0.3, -0.25) is 0 Å². The number of halogens is 3. The fraction of sp³-hybridized carbons (Fsp3) is 0.200. The molecule has 2 aromatic rings. The molecule has 106 valence electrons. The van der Waals surface area contributed by atoms with Gasteiger partial charge < -0.3 is 9.84 Å². The second-order valence-electron chi connectivity index (χ2n) is 4.32. The molecule has 0 spiro atoms. The van der Waals surface area contributed by atoms with Crippen molar-refractivity contribution in [2.75, 3.05) is 7.11 Å². The van der Waals surface area contributed by atoms with Crippen molar-refractivity contribution >= 4 is 0 Å². The molecule has 0 radical (unpaired) electrons. The first kappa shape index (κ1) is 14.4. The van der Waals surface area contributed by atoms with E-state index in [1.165, 1.54) is 7.11 Å². The Balaban J connectivity index is 2.28. The van der Waals surface area contributed by atoms with E-state index in [0.29, 0.717) is 23.4 Å². The zero-order valence-corrected chi connectivity index (χ0v) is 10.7. The summed E-state index contributed by atoms with van der Waals surface area (Å²) >= 11 is 0. The van der Waals surface area contributed by atoms with E-state index in [2.05, 4.69) is 0 Å². The highest BCUT2D eigenvalue weighted by atomic mass is 19.2. The van der Waals surface area contributed by atoms with E-state index in [9.17, 15) is 18.3 Å². The lowest BCUT2D eigenvalue weighted by molar-refractivity contribution is 0.171. The standard InChI is InChI=1S/C15H13F3O2/c1-20-15-5-3-2-4-9(15)6-14(19)10-7-12(17)13(18)8-11(10)16/h2-5,7-8,14,19H,6H2,1H3. The maximum atomic E-state index is 13.6. The minimum absolute atomic E-state index is 0.0337. The molecule has 2 nitrogen and oxygen atoms in total. The lowest BCUT2D eigenvalue weighted by Gasteiger charge is -2.14. The van der Waals surface area contributed by atoms with Crippen LogP contribution in [-0.2, 0) is 6.42 Å². The third kappa shape index (κ3) is 2.93. The Morgan fingerprint density at radius 3 is 2.40 bits per heavy atom. The molecule has 0 saturated carbocycles. The molecule has 0 heterocycles. The minimum atomic E-state index is -1.29. The fourth-order valence-electron chi connectivity index (χ4n) is 1.98. The van der Waals surface area contributed by atoms with Gasteiger partial charge in [0.25, 0.3) is 0 Å². The molecule has 0 fully saturated rings. The lowest BCUT2D eigenvalue weighted by Crippen LogP contribution is -2.07. The van der Waals surface area contributed by atoms with E-state index >= 15 is 0 Å². The highest BCUT2D eigenvalue weighted by molar-refractivity contribution is 5.35. The normalized spacial score (nSPS) is 12.2. The maximum absolute atomic E-state index is 13.6. The van der Waals surface area contributed by atoms with Gasteiger partial charge in [0.05, 0.1) is 13.2 Å². The van der Waals surface area contributed by atoms with Crippen molar-refractivity contribution < 1.29 is 23.0 Å². The van der Waals surface area contributed by atoms with Gasteiger partial charge in [-0.15, -0.1) is 0 Å². The molecule has 5 heteroatoms. The second kappa shape index (κ2) is 5.96. The van der Waals surface area contributed by atoms with E-state index < -0.39 is 23.6 Å². The molecule has 1 atom stereocenters. The van der Waals surface area contributed by atoms with Crippen molar-refractivity contribution in [3.63, 3.8) is 0 Å². The SMILES string of the molecule is COc1ccccc1CC(O)c1cc(F)c(F)cc1F. The van der Waals surface area contributed by atoms with Crippen molar-refractivity contribution in [1.29, 1.82) is 0 Å². The molecule has 1 unspecified atom stereocenters. The number of hydrogen-bond acceptors (Lipinski definition) is 2. The fourth-order valence-corrected chi connectivity index (χ4v) is 1.98. The molecule has 0 aromatic heterocycles. The Bertz CT molecular complexity index is 614. The topological polar surface area (TPSA) is 29.5 Å². The zero-order chi connectivity index (χ0) is 14.7. The third-order valence-electron chi connectivity index (χ3n) is 3.00. The van der Waals surface area contributed by atoms with E-state index in [1.807, 2.05) is 0 Å². The first-order valence-corrected chi connectivity index (χ1v) is 5.97. The minimum Gasteiger partial charge on any atom is -0.496 e. The summed E-state index contributed by atoms with van der Waals surface area (Å²) in [4.78, 5) is 0. The summed E-state index contributed by atoms with van der Waals surface area (Å²) in [5.74, 6) is -2.92. The largest absolute Gasteiger partial charge is 0.496 e. The van der Waals surface area contributed by atoms with Crippen molar-refractivity contribution in [2.24, 2.45) is 0 Å². The molecular weight excluding hydrogens is 269 g/mol. The Hall–Kier alpha value is -2.01. The van der Waals surface area contributed by atoms with Gasteiger partial charge in [0.2, 0.25) is 0 Å². The van der Waals surface area contributed by atoms with Crippen LogP contribution in [0.3, 0.4) is 0 Å². The van der Waals surface area contributed by atoms with Gasteiger partial charge >= 0.3 is 0 Å². The molecular formula is C15H13F3O2. The Labute approximate surface area is 114 Å². The molecule has 2 rings (SSSR count). The summed E-state index contributed by atoms with van der Waals surface area (Å²) in [6.07, 6.45) is -1.26. The van der Waals surface area contributed by atoms with E-state index in [0.717, 1.165) is 0 Å². The number of benzene rings is 2. The number of aliphatic hydroxyl groups is 1. The summed E-state index contributed by atoms with van der Waals surface area (Å²) in [7, 11) is 1.48. The van der Waals surface area contributed by atoms with Crippen LogP contribution in [0.5, 0.6) is 5.75 Å². The number of para-hydroxylation sites is 1. The first-order valence-electron chi connectivity index (χ1n) is 5.97. The summed E-state index contributed by atoms with van der Waals surface area (Å²) in [5, 5.41) is 10.0. The third-order valence-corrected chi connectivity index (χ3v) is 3.00. The molecule has 0 bridgehead atoms. The highest BCUT2D eigenvalue weighted by Crippen LogP contribution is 2.27. The van der Waals surface area contributed by atoms with Gasteiger partial charge in [0.1, 0.15) is 11.6 Å². The van der Waals surface area contributed by atoms with Gasteiger partial charge in [-0.05, 0) is 17.7 Å². The molecule has 0 saturated heterocycles. The van der Waals surface area contributed by atoms with Crippen molar-refractivity contribution in [1.82, 2.24) is 0 Å². The number of rotatable bonds is 4. The average molecular weight is 282 g/mol. The van der Waals surface area contributed by atoms with Crippen LogP contribution >= 0.6 is 0 Å². The summed E-state index contributed by atoms with van der Waals surface area (Å²) < 4.78 is 44.7. The van der Waals surface area contributed by atoms with E-state index in [1.54, 1.807) is 24.3 Å². The van der Waals surface area contributed by atoms with E-state index in [4.69, 9.17) is 4.74 Å². The molecule has 2 aromatic carbocycles. The molecule has 0 amide bonds. The van der Waals surface area contributed by atoms with Gasteiger partial charge in [0, 0.05) is 18.1 Å². The molecule has 0 aliphatic carbocycles. The maximum Gasteiger partial charge on any atom is 0.161 e. The summed E-state index contributed by atoms with van der Waals surface area (Å²) in [5.41, 5.74) is 0.362. The van der Waals surface area contributed by atoms with Crippen LogP contribution in [0.25, 0.3) is 0 Å².